The van der Waals surface area contributed by atoms with Crippen molar-refractivity contribution in [2.75, 3.05) is 27.2 Å². The third kappa shape index (κ3) is 2.74. The fourth-order valence-electron chi connectivity index (χ4n) is 2.30. The van der Waals surface area contributed by atoms with Crippen LogP contribution in [0.3, 0.4) is 0 Å². The Labute approximate surface area is 98.8 Å². The number of amides is 1. The van der Waals surface area contributed by atoms with E-state index >= 15 is 0 Å². The smallest absolute Gasteiger partial charge is 0.239 e. The standard InChI is InChI=1S/C12H25N3O/c1-8(2)11(13)12(16)15-6-9(3)10(7-15)14(4)5/h8-11H,6-7,13H2,1-5H3/t9?,10?,11-/m1/s1. The SMILES string of the molecule is CC1CN(C(=O)[C@H](N)C(C)C)CC1N(C)C. The Morgan fingerprint density at radius 1 is 1.38 bits per heavy atom. The molecule has 1 saturated heterocycles. The number of hydrogen-bond acceptors (Lipinski definition) is 3. The van der Waals surface area contributed by atoms with Gasteiger partial charge in [0.25, 0.3) is 0 Å². The highest BCUT2D eigenvalue weighted by Gasteiger charge is 2.35. The second-order valence-electron chi connectivity index (χ2n) is 5.52. The summed E-state index contributed by atoms with van der Waals surface area (Å²) in [6.07, 6.45) is 0. The summed E-state index contributed by atoms with van der Waals surface area (Å²) in [4.78, 5) is 16.2. The molecule has 1 heterocycles. The lowest BCUT2D eigenvalue weighted by atomic mass is 10.0. The van der Waals surface area contributed by atoms with E-state index in [1.807, 2.05) is 18.7 Å². The summed E-state index contributed by atoms with van der Waals surface area (Å²) < 4.78 is 0. The molecule has 2 N–H and O–H groups in total. The lowest BCUT2D eigenvalue weighted by Gasteiger charge is -2.24. The number of carbonyl (C=O) groups excluding carboxylic acids is 1. The molecule has 0 radical (unpaired) electrons. The monoisotopic (exact) mass is 227 g/mol. The summed E-state index contributed by atoms with van der Waals surface area (Å²) >= 11 is 0. The molecule has 0 bridgehead atoms. The number of rotatable bonds is 3. The van der Waals surface area contributed by atoms with Crippen LogP contribution in [0.1, 0.15) is 20.8 Å². The van der Waals surface area contributed by atoms with E-state index in [-0.39, 0.29) is 17.9 Å². The molecule has 4 heteroatoms. The van der Waals surface area contributed by atoms with Gasteiger partial charge in [0.05, 0.1) is 6.04 Å². The van der Waals surface area contributed by atoms with Crippen LogP contribution in [0.15, 0.2) is 0 Å². The zero-order valence-electron chi connectivity index (χ0n) is 11.1. The second kappa shape index (κ2) is 5.15. The zero-order valence-corrected chi connectivity index (χ0v) is 11.1. The molecule has 1 fully saturated rings. The van der Waals surface area contributed by atoms with Crippen LogP contribution >= 0.6 is 0 Å². The molecule has 16 heavy (non-hydrogen) atoms. The Bertz CT molecular complexity index is 253. The fraction of sp³-hybridized carbons (Fsp3) is 0.917. The fourth-order valence-corrected chi connectivity index (χ4v) is 2.30. The minimum Gasteiger partial charge on any atom is -0.339 e. The Morgan fingerprint density at radius 2 is 1.94 bits per heavy atom. The lowest BCUT2D eigenvalue weighted by Crippen LogP contribution is -2.46. The first kappa shape index (κ1) is 13.5. The Hall–Kier alpha value is -0.610. The predicted molar refractivity (Wildman–Crippen MR) is 66.0 cm³/mol. The van der Waals surface area contributed by atoms with Crippen LogP contribution in [0.4, 0.5) is 0 Å². The van der Waals surface area contributed by atoms with Crippen molar-refractivity contribution in [2.45, 2.75) is 32.9 Å². The average Bonchev–Trinajstić information content (AvgIpc) is 2.58. The minimum absolute atomic E-state index is 0.103. The molecule has 0 saturated carbocycles. The number of hydrogen-bond donors (Lipinski definition) is 1. The van der Waals surface area contributed by atoms with Gasteiger partial charge in [0.2, 0.25) is 5.91 Å². The summed E-state index contributed by atoms with van der Waals surface area (Å²) in [5.41, 5.74) is 5.90. The van der Waals surface area contributed by atoms with Crippen LogP contribution in [0.25, 0.3) is 0 Å². The number of nitrogens with two attached hydrogens (primary N) is 1. The third-order valence-electron chi connectivity index (χ3n) is 3.55. The Morgan fingerprint density at radius 3 is 2.31 bits per heavy atom. The van der Waals surface area contributed by atoms with E-state index in [4.69, 9.17) is 5.73 Å². The quantitative estimate of drug-likeness (QED) is 0.758. The van der Waals surface area contributed by atoms with Crippen LogP contribution in [0, 0.1) is 11.8 Å². The van der Waals surface area contributed by atoms with Gasteiger partial charge in [0.15, 0.2) is 0 Å². The molecule has 1 aliphatic heterocycles. The Kier molecular flexibility index (Phi) is 4.33. The zero-order chi connectivity index (χ0) is 12.5. The van der Waals surface area contributed by atoms with Crippen LogP contribution in [-0.4, -0.2) is 55.0 Å². The molecule has 0 spiro atoms. The molecule has 1 aliphatic rings. The molecule has 0 aromatic rings. The van der Waals surface area contributed by atoms with Crippen LogP contribution in [0.2, 0.25) is 0 Å². The van der Waals surface area contributed by atoms with Crippen molar-refractivity contribution < 1.29 is 4.79 Å². The van der Waals surface area contributed by atoms with E-state index in [1.54, 1.807) is 0 Å². The van der Waals surface area contributed by atoms with E-state index in [9.17, 15) is 4.79 Å². The van der Waals surface area contributed by atoms with Gasteiger partial charge < -0.3 is 15.5 Å². The molecule has 2 unspecified atom stereocenters. The van der Waals surface area contributed by atoms with Gasteiger partial charge >= 0.3 is 0 Å². The summed E-state index contributed by atoms with van der Waals surface area (Å²) in [6, 6.07) is 0.108. The number of carbonyl (C=O) groups is 1. The van der Waals surface area contributed by atoms with Crippen molar-refractivity contribution in [3.63, 3.8) is 0 Å². The van der Waals surface area contributed by atoms with E-state index in [0.29, 0.717) is 12.0 Å². The number of likely N-dealkylation sites (tertiary alicyclic amines) is 1. The summed E-state index contributed by atoms with van der Waals surface area (Å²) in [7, 11) is 4.13. The van der Waals surface area contributed by atoms with Gasteiger partial charge in [0, 0.05) is 19.1 Å². The summed E-state index contributed by atoms with van der Waals surface area (Å²) in [6.45, 7) is 7.82. The van der Waals surface area contributed by atoms with Crippen molar-refractivity contribution in [3.8, 4) is 0 Å². The first-order valence-corrected chi connectivity index (χ1v) is 6.05. The van der Waals surface area contributed by atoms with E-state index < -0.39 is 0 Å². The van der Waals surface area contributed by atoms with Gasteiger partial charge in [0.1, 0.15) is 0 Å². The van der Waals surface area contributed by atoms with Gasteiger partial charge in [-0.25, -0.2) is 0 Å². The molecule has 0 aromatic carbocycles. The van der Waals surface area contributed by atoms with Crippen molar-refractivity contribution in [2.24, 2.45) is 17.6 Å². The van der Waals surface area contributed by atoms with E-state index in [2.05, 4.69) is 25.9 Å². The minimum atomic E-state index is -0.354. The highest BCUT2D eigenvalue weighted by atomic mass is 16.2. The molecule has 3 atom stereocenters. The topological polar surface area (TPSA) is 49.6 Å². The van der Waals surface area contributed by atoms with E-state index in [1.165, 1.54) is 0 Å². The third-order valence-corrected chi connectivity index (χ3v) is 3.55. The molecular formula is C12H25N3O. The van der Waals surface area contributed by atoms with Crippen LogP contribution < -0.4 is 5.73 Å². The second-order valence-corrected chi connectivity index (χ2v) is 5.52. The van der Waals surface area contributed by atoms with Crippen molar-refractivity contribution >= 4 is 5.91 Å². The van der Waals surface area contributed by atoms with E-state index in [0.717, 1.165) is 13.1 Å². The maximum Gasteiger partial charge on any atom is 0.239 e. The molecule has 1 amide bonds. The maximum atomic E-state index is 12.1. The summed E-state index contributed by atoms with van der Waals surface area (Å²) in [5, 5.41) is 0. The Balaban J connectivity index is 2.61. The highest BCUT2D eigenvalue weighted by molar-refractivity contribution is 5.82. The predicted octanol–water partition coefficient (Wildman–Crippen LogP) is 0.378. The molecule has 0 aliphatic carbocycles. The first-order chi connectivity index (χ1) is 7.34. The molecule has 0 aromatic heterocycles. The summed E-state index contributed by atoms with van der Waals surface area (Å²) in [5.74, 6) is 0.839. The molecule has 1 rings (SSSR count). The van der Waals surface area contributed by atoms with Gasteiger partial charge in [-0.2, -0.15) is 0 Å². The average molecular weight is 227 g/mol. The first-order valence-electron chi connectivity index (χ1n) is 6.05. The highest BCUT2D eigenvalue weighted by Crippen LogP contribution is 2.21. The van der Waals surface area contributed by atoms with Crippen molar-refractivity contribution in [1.82, 2.24) is 9.80 Å². The van der Waals surface area contributed by atoms with Crippen molar-refractivity contribution in [1.29, 1.82) is 0 Å². The van der Waals surface area contributed by atoms with Gasteiger partial charge in [-0.05, 0) is 25.9 Å². The van der Waals surface area contributed by atoms with Crippen LogP contribution in [0.5, 0.6) is 0 Å². The molecular weight excluding hydrogens is 202 g/mol. The van der Waals surface area contributed by atoms with Gasteiger partial charge in [-0.15, -0.1) is 0 Å². The van der Waals surface area contributed by atoms with Gasteiger partial charge in [-0.3, -0.25) is 4.79 Å². The lowest BCUT2D eigenvalue weighted by molar-refractivity contribution is -0.132. The van der Waals surface area contributed by atoms with Crippen LogP contribution in [-0.2, 0) is 4.79 Å². The van der Waals surface area contributed by atoms with Gasteiger partial charge in [-0.1, -0.05) is 20.8 Å². The normalized spacial score (nSPS) is 27.9. The maximum absolute atomic E-state index is 12.1. The number of nitrogens with zero attached hydrogens (tertiary/aromatic N) is 2. The molecule has 94 valence electrons. The van der Waals surface area contributed by atoms with Crippen molar-refractivity contribution in [3.05, 3.63) is 0 Å². The largest absolute Gasteiger partial charge is 0.339 e. The molecule has 4 nitrogen and oxygen atoms in total. The number of likely N-dealkylation sites (N-methyl/N-ethyl adjacent to an activating group) is 1.